The van der Waals surface area contributed by atoms with Gasteiger partial charge in [0, 0.05) is 6.61 Å². The summed E-state index contributed by atoms with van der Waals surface area (Å²) in [6.07, 6.45) is 6.66. The first-order chi connectivity index (χ1) is 11.6. The lowest BCUT2D eigenvalue weighted by atomic mass is 10.4. The summed E-state index contributed by atoms with van der Waals surface area (Å²) in [6.45, 7) is 8.42. The first-order valence-corrected chi connectivity index (χ1v) is 7.86. The maximum Gasteiger partial charge on any atom is 0.247 e. The molecule has 3 aromatic rings. The molecule has 9 heteroatoms. The Bertz CT molecular complexity index is 811. The minimum absolute atomic E-state index is 0.0318. The molecule has 0 fully saturated rings. The van der Waals surface area contributed by atoms with Crippen molar-refractivity contribution in [1.29, 1.82) is 0 Å². The second-order valence-electron chi connectivity index (χ2n) is 5.52. The van der Waals surface area contributed by atoms with E-state index in [1.807, 2.05) is 33.9 Å². The van der Waals surface area contributed by atoms with Gasteiger partial charge in [-0.15, -0.1) is 5.10 Å². The van der Waals surface area contributed by atoms with E-state index < -0.39 is 0 Å². The maximum absolute atomic E-state index is 5.71. The summed E-state index contributed by atoms with van der Waals surface area (Å²) in [5, 5.41) is 11.7. The predicted molar refractivity (Wildman–Crippen MR) is 88.4 cm³/mol. The monoisotopic (exact) mass is 331 g/mol. The van der Waals surface area contributed by atoms with Crippen LogP contribution < -0.4 is 10.1 Å². The van der Waals surface area contributed by atoms with Gasteiger partial charge in [-0.1, -0.05) is 0 Å². The van der Waals surface area contributed by atoms with Gasteiger partial charge in [0.15, 0.2) is 5.75 Å². The Labute approximate surface area is 139 Å². The fraction of sp³-hybridized carbons (Fsp3) is 0.467. The minimum Gasteiger partial charge on any atom is -0.485 e. The molecule has 3 aromatic heterocycles. The molecule has 0 spiro atoms. The number of nitrogens with one attached hydrogen (secondary N) is 1. The highest BCUT2D eigenvalue weighted by Crippen LogP contribution is 2.21. The standard InChI is InChI=1S/C15H21N7O2/c1-5-23-11(4)21-8-12(6-17-21)18-15-19-14-13(24-10(2)3)7-16-9-22(14)20-15/h6-11H,5H2,1-4H3,(H,18,20). The van der Waals surface area contributed by atoms with Gasteiger partial charge < -0.3 is 14.8 Å². The van der Waals surface area contributed by atoms with Crippen LogP contribution in [-0.2, 0) is 4.74 Å². The molecule has 0 aliphatic rings. The Balaban J connectivity index is 1.80. The molecule has 0 saturated heterocycles. The predicted octanol–water partition coefficient (Wildman–Crippen LogP) is 2.41. The van der Waals surface area contributed by atoms with Crippen molar-refractivity contribution in [3.63, 3.8) is 0 Å². The van der Waals surface area contributed by atoms with E-state index in [1.165, 1.54) is 0 Å². The second kappa shape index (κ2) is 6.83. The lowest BCUT2D eigenvalue weighted by Crippen LogP contribution is -2.09. The van der Waals surface area contributed by atoms with E-state index in [-0.39, 0.29) is 12.3 Å². The van der Waals surface area contributed by atoms with Crippen LogP contribution in [0.1, 0.15) is 33.9 Å². The summed E-state index contributed by atoms with van der Waals surface area (Å²) in [5.41, 5.74) is 1.38. The molecule has 0 aliphatic heterocycles. The quantitative estimate of drug-likeness (QED) is 0.710. The van der Waals surface area contributed by atoms with Gasteiger partial charge >= 0.3 is 0 Å². The van der Waals surface area contributed by atoms with Crippen molar-refractivity contribution in [2.24, 2.45) is 0 Å². The van der Waals surface area contributed by atoms with Crippen LogP contribution in [0.3, 0.4) is 0 Å². The van der Waals surface area contributed by atoms with E-state index in [0.717, 1.165) is 5.69 Å². The fourth-order valence-corrected chi connectivity index (χ4v) is 2.23. The number of anilines is 2. The van der Waals surface area contributed by atoms with Gasteiger partial charge in [-0.05, 0) is 27.7 Å². The Morgan fingerprint density at radius 1 is 1.25 bits per heavy atom. The normalized spacial score (nSPS) is 12.7. The number of aromatic nitrogens is 6. The molecule has 3 rings (SSSR count). The van der Waals surface area contributed by atoms with Crippen LogP contribution in [-0.4, -0.2) is 42.1 Å². The van der Waals surface area contributed by atoms with Crippen LogP contribution in [0.4, 0.5) is 11.6 Å². The fourth-order valence-electron chi connectivity index (χ4n) is 2.23. The van der Waals surface area contributed by atoms with Gasteiger partial charge in [0.25, 0.3) is 0 Å². The minimum atomic E-state index is -0.130. The maximum atomic E-state index is 5.71. The molecule has 24 heavy (non-hydrogen) atoms. The number of fused-ring (bicyclic) bond motifs is 1. The first kappa shape index (κ1) is 16.2. The van der Waals surface area contributed by atoms with Gasteiger partial charge in [0.05, 0.1) is 30.4 Å². The second-order valence-corrected chi connectivity index (χ2v) is 5.52. The number of ether oxygens (including phenoxy) is 2. The highest BCUT2D eigenvalue weighted by Gasteiger charge is 2.12. The molecule has 3 heterocycles. The van der Waals surface area contributed by atoms with Crippen molar-refractivity contribution >= 4 is 17.3 Å². The molecule has 0 radical (unpaired) electrons. The molecule has 0 aromatic carbocycles. The summed E-state index contributed by atoms with van der Waals surface area (Å²) in [4.78, 5) is 8.57. The zero-order valence-corrected chi connectivity index (χ0v) is 14.2. The molecule has 128 valence electrons. The summed E-state index contributed by atoms with van der Waals surface area (Å²) in [6, 6.07) is 0. The van der Waals surface area contributed by atoms with E-state index in [0.29, 0.717) is 24.0 Å². The Morgan fingerprint density at radius 2 is 2.08 bits per heavy atom. The molecular weight excluding hydrogens is 310 g/mol. The number of hydrogen-bond donors (Lipinski definition) is 1. The number of hydrogen-bond acceptors (Lipinski definition) is 7. The first-order valence-electron chi connectivity index (χ1n) is 7.86. The van der Waals surface area contributed by atoms with Crippen molar-refractivity contribution in [1.82, 2.24) is 29.4 Å². The van der Waals surface area contributed by atoms with Gasteiger partial charge in [0.2, 0.25) is 11.6 Å². The SMILES string of the molecule is CCOC(C)n1cc(Nc2nc3c(OC(C)C)cncn3n2)cn1. The average molecular weight is 331 g/mol. The van der Waals surface area contributed by atoms with E-state index >= 15 is 0 Å². The summed E-state index contributed by atoms with van der Waals surface area (Å²) in [5.74, 6) is 1.04. The molecule has 0 amide bonds. The van der Waals surface area contributed by atoms with E-state index in [2.05, 4.69) is 25.5 Å². The lowest BCUT2D eigenvalue weighted by molar-refractivity contribution is 0.0160. The van der Waals surface area contributed by atoms with Crippen molar-refractivity contribution in [2.75, 3.05) is 11.9 Å². The van der Waals surface area contributed by atoms with Gasteiger partial charge in [-0.3, -0.25) is 0 Å². The van der Waals surface area contributed by atoms with Gasteiger partial charge in [0.1, 0.15) is 12.6 Å². The highest BCUT2D eigenvalue weighted by atomic mass is 16.5. The van der Waals surface area contributed by atoms with Gasteiger partial charge in [-0.2, -0.15) is 14.6 Å². The zero-order chi connectivity index (χ0) is 17.1. The molecule has 0 aliphatic carbocycles. The van der Waals surface area contributed by atoms with Crippen LogP contribution in [0.15, 0.2) is 24.9 Å². The summed E-state index contributed by atoms with van der Waals surface area (Å²) < 4.78 is 14.5. The van der Waals surface area contributed by atoms with Crippen LogP contribution in [0.5, 0.6) is 5.75 Å². The summed E-state index contributed by atoms with van der Waals surface area (Å²) in [7, 11) is 0. The molecule has 0 saturated carbocycles. The number of rotatable bonds is 7. The van der Waals surface area contributed by atoms with Crippen molar-refractivity contribution in [2.45, 2.75) is 40.0 Å². The largest absolute Gasteiger partial charge is 0.485 e. The van der Waals surface area contributed by atoms with Crippen LogP contribution in [0, 0.1) is 0 Å². The topological polar surface area (TPSA) is 91.4 Å². The van der Waals surface area contributed by atoms with Crippen LogP contribution in [0.25, 0.3) is 5.65 Å². The number of nitrogens with zero attached hydrogens (tertiary/aromatic N) is 6. The van der Waals surface area contributed by atoms with Crippen molar-refractivity contribution < 1.29 is 9.47 Å². The van der Waals surface area contributed by atoms with E-state index in [9.17, 15) is 0 Å². The van der Waals surface area contributed by atoms with E-state index in [1.54, 1.807) is 27.9 Å². The molecule has 1 N–H and O–H groups in total. The molecule has 1 unspecified atom stereocenters. The van der Waals surface area contributed by atoms with Crippen LogP contribution >= 0.6 is 0 Å². The molecular formula is C15H21N7O2. The average Bonchev–Trinajstić information content (AvgIpc) is 3.14. The molecule has 0 bridgehead atoms. The Kier molecular flexibility index (Phi) is 4.61. The third-order valence-corrected chi connectivity index (χ3v) is 3.22. The molecule has 9 nitrogen and oxygen atoms in total. The summed E-state index contributed by atoms with van der Waals surface area (Å²) >= 11 is 0. The highest BCUT2D eigenvalue weighted by molar-refractivity contribution is 5.58. The van der Waals surface area contributed by atoms with Crippen molar-refractivity contribution in [3.05, 3.63) is 24.9 Å². The van der Waals surface area contributed by atoms with Crippen LogP contribution in [0.2, 0.25) is 0 Å². The van der Waals surface area contributed by atoms with Gasteiger partial charge in [-0.25, -0.2) is 9.67 Å². The third kappa shape index (κ3) is 3.46. The van der Waals surface area contributed by atoms with E-state index in [4.69, 9.17) is 9.47 Å². The zero-order valence-electron chi connectivity index (χ0n) is 14.2. The molecule has 1 atom stereocenters. The smallest absolute Gasteiger partial charge is 0.247 e. The Morgan fingerprint density at radius 3 is 2.83 bits per heavy atom. The van der Waals surface area contributed by atoms with Crippen molar-refractivity contribution in [3.8, 4) is 5.75 Å². The third-order valence-electron chi connectivity index (χ3n) is 3.22. The Hall–Kier alpha value is -2.68. The lowest BCUT2D eigenvalue weighted by Gasteiger charge is -2.10.